The van der Waals surface area contributed by atoms with Gasteiger partial charge in [-0.3, -0.25) is 0 Å². The molecule has 0 bridgehead atoms. The van der Waals surface area contributed by atoms with Gasteiger partial charge in [-0.1, -0.05) is 37.6 Å². The Morgan fingerprint density at radius 3 is 1.97 bits per heavy atom. The lowest BCUT2D eigenvalue weighted by atomic mass is 10.0. The largest absolute Gasteiger partial charge is 0.519 e. The van der Waals surface area contributed by atoms with Crippen molar-refractivity contribution in [3.63, 3.8) is 0 Å². The molecule has 5 heteroatoms. The number of aryl methyl sites for hydroxylation is 1. The van der Waals surface area contributed by atoms with E-state index >= 15 is 0 Å². The molecule has 0 aromatic heterocycles. The first-order valence-corrected chi connectivity index (χ1v) is 9.60. The van der Waals surface area contributed by atoms with Gasteiger partial charge in [-0.15, -0.1) is 0 Å². The van der Waals surface area contributed by atoms with Gasteiger partial charge in [0.25, 0.3) is 0 Å². The van der Waals surface area contributed by atoms with E-state index in [9.17, 15) is 9.18 Å². The molecule has 0 fully saturated rings. The summed E-state index contributed by atoms with van der Waals surface area (Å²) in [7, 11) is 0. The van der Waals surface area contributed by atoms with Crippen LogP contribution in [0.25, 0.3) is 11.1 Å². The van der Waals surface area contributed by atoms with Gasteiger partial charge < -0.3 is 14.2 Å². The summed E-state index contributed by atoms with van der Waals surface area (Å²) >= 11 is 0. The van der Waals surface area contributed by atoms with E-state index in [1.54, 1.807) is 60.7 Å². The van der Waals surface area contributed by atoms with Crippen LogP contribution in [0.5, 0.6) is 17.2 Å². The highest BCUT2D eigenvalue weighted by Gasteiger charge is 2.10. The Morgan fingerprint density at radius 2 is 1.41 bits per heavy atom. The number of carbonyl (C=O) groups is 1. The fraction of sp³-hybridized carbons (Fsp3) is 0.208. The van der Waals surface area contributed by atoms with Gasteiger partial charge in [0.2, 0.25) is 0 Å². The summed E-state index contributed by atoms with van der Waals surface area (Å²) in [5.41, 5.74) is 2.19. The minimum Gasteiger partial charge on any atom is -0.494 e. The first-order valence-electron chi connectivity index (χ1n) is 9.60. The minimum absolute atomic E-state index is 0.264. The van der Waals surface area contributed by atoms with Gasteiger partial charge in [0.05, 0.1) is 6.61 Å². The zero-order valence-corrected chi connectivity index (χ0v) is 16.5. The van der Waals surface area contributed by atoms with Gasteiger partial charge >= 0.3 is 6.16 Å². The molecule has 3 aromatic carbocycles. The maximum absolute atomic E-state index is 14.4. The van der Waals surface area contributed by atoms with Crippen molar-refractivity contribution < 1.29 is 23.4 Å². The molecule has 0 atom stereocenters. The third-order valence-corrected chi connectivity index (χ3v) is 4.27. The molecule has 0 radical (unpaired) electrons. The van der Waals surface area contributed by atoms with Gasteiger partial charge in [0.15, 0.2) is 0 Å². The van der Waals surface area contributed by atoms with Crippen LogP contribution in [0, 0.1) is 5.82 Å². The maximum Gasteiger partial charge on any atom is 0.519 e. The van der Waals surface area contributed by atoms with Crippen LogP contribution < -0.4 is 14.2 Å². The van der Waals surface area contributed by atoms with Gasteiger partial charge in [-0.25, -0.2) is 9.18 Å². The highest BCUT2D eigenvalue weighted by atomic mass is 19.1. The molecule has 29 heavy (non-hydrogen) atoms. The second-order valence-corrected chi connectivity index (χ2v) is 6.45. The molecule has 0 aliphatic carbocycles. The number of halogens is 1. The summed E-state index contributed by atoms with van der Waals surface area (Å²) in [5, 5.41) is 0. The molecule has 0 amide bonds. The molecule has 0 N–H and O–H groups in total. The molecule has 3 aromatic rings. The summed E-state index contributed by atoms with van der Waals surface area (Å²) in [6.45, 7) is 4.51. The fourth-order valence-electron chi connectivity index (χ4n) is 2.92. The minimum atomic E-state index is -0.850. The standard InChI is InChI=1S/C24H23FO4/c1-3-5-17-6-15-22(23(25)16-17)18-7-9-20(10-8-18)28-24(26)29-21-13-11-19(12-14-21)27-4-2/h6-16H,3-5H2,1-2H3. The average Bonchev–Trinajstić information content (AvgIpc) is 2.71. The monoisotopic (exact) mass is 394 g/mol. The molecular formula is C24H23FO4. The average molecular weight is 394 g/mol. The quantitative estimate of drug-likeness (QED) is 0.342. The van der Waals surface area contributed by atoms with E-state index in [4.69, 9.17) is 14.2 Å². The van der Waals surface area contributed by atoms with E-state index in [-0.39, 0.29) is 5.82 Å². The Morgan fingerprint density at radius 1 is 0.828 bits per heavy atom. The predicted octanol–water partition coefficient (Wildman–Crippen LogP) is 6.42. The third kappa shape index (κ3) is 5.57. The normalized spacial score (nSPS) is 10.4. The van der Waals surface area contributed by atoms with Gasteiger partial charge in [0.1, 0.15) is 23.1 Å². The molecule has 0 aliphatic heterocycles. The molecule has 0 heterocycles. The van der Waals surface area contributed by atoms with Crippen LogP contribution in [0.3, 0.4) is 0 Å². The van der Waals surface area contributed by atoms with E-state index in [1.165, 1.54) is 0 Å². The van der Waals surface area contributed by atoms with E-state index in [0.29, 0.717) is 35.0 Å². The number of rotatable bonds is 7. The maximum atomic E-state index is 14.4. The molecular weight excluding hydrogens is 371 g/mol. The van der Waals surface area contributed by atoms with Gasteiger partial charge in [0, 0.05) is 5.56 Å². The van der Waals surface area contributed by atoms with E-state index in [2.05, 4.69) is 6.92 Å². The van der Waals surface area contributed by atoms with Crippen LogP contribution in [0.2, 0.25) is 0 Å². The van der Waals surface area contributed by atoms with Crippen molar-refractivity contribution in [1.29, 1.82) is 0 Å². The van der Waals surface area contributed by atoms with Crippen molar-refractivity contribution >= 4 is 6.16 Å². The van der Waals surface area contributed by atoms with Gasteiger partial charge in [-0.05, 0) is 66.9 Å². The van der Waals surface area contributed by atoms with Crippen LogP contribution in [0.1, 0.15) is 25.8 Å². The first kappa shape index (κ1) is 20.4. The molecule has 0 saturated heterocycles. The van der Waals surface area contributed by atoms with E-state index in [1.807, 2.05) is 13.0 Å². The lowest BCUT2D eigenvalue weighted by Crippen LogP contribution is -2.13. The van der Waals surface area contributed by atoms with Crippen molar-refractivity contribution in [3.8, 4) is 28.4 Å². The Kier molecular flexibility index (Phi) is 6.85. The molecule has 3 rings (SSSR count). The van der Waals surface area contributed by atoms with Crippen molar-refractivity contribution in [2.24, 2.45) is 0 Å². The van der Waals surface area contributed by atoms with Crippen LogP contribution in [0.15, 0.2) is 66.7 Å². The SMILES string of the molecule is CCCc1ccc(-c2ccc(OC(=O)Oc3ccc(OCC)cc3)cc2)c(F)c1. The Bertz CT molecular complexity index is 950. The number of benzene rings is 3. The second kappa shape index (κ2) is 9.73. The highest BCUT2D eigenvalue weighted by molar-refractivity contribution is 5.69. The van der Waals surface area contributed by atoms with Crippen LogP contribution in [0.4, 0.5) is 9.18 Å². The number of hydrogen-bond acceptors (Lipinski definition) is 4. The van der Waals surface area contributed by atoms with Crippen molar-refractivity contribution in [3.05, 3.63) is 78.1 Å². The molecule has 150 valence electrons. The van der Waals surface area contributed by atoms with Gasteiger partial charge in [-0.2, -0.15) is 0 Å². The number of hydrogen-bond donors (Lipinski definition) is 0. The lowest BCUT2D eigenvalue weighted by molar-refractivity contribution is 0.152. The van der Waals surface area contributed by atoms with E-state index < -0.39 is 6.16 Å². The number of carbonyl (C=O) groups excluding carboxylic acids is 1. The molecule has 4 nitrogen and oxygen atoms in total. The summed E-state index contributed by atoms with van der Waals surface area (Å²) in [6.07, 6.45) is 0.967. The molecule has 0 aliphatic rings. The summed E-state index contributed by atoms with van der Waals surface area (Å²) < 4.78 is 30.0. The van der Waals surface area contributed by atoms with Crippen molar-refractivity contribution in [2.45, 2.75) is 26.7 Å². The van der Waals surface area contributed by atoms with Crippen LogP contribution in [-0.4, -0.2) is 12.8 Å². The smallest absolute Gasteiger partial charge is 0.494 e. The van der Waals surface area contributed by atoms with Crippen LogP contribution >= 0.6 is 0 Å². The van der Waals surface area contributed by atoms with E-state index in [0.717, 1.165) is 18.4 Å². The zero-order chi connectivity index (χ0) is 20.6. The first-order chi connectivity index (χ1) is 14.1. The predicted molar refractivity (Wildman–Crippen MR) is 110 cm³/mol. The Labute approximate surface area is 169 Å². The van der Waals surface area contributed by atoms with Crippen LogP contribution in [-0.2, 0) is 6.42 Å². The summed E-state index contributed by atoms with van der Waals surface area (Å²) in [4.78, 5) is 12.0. The summed E-state index contributed by atoms with van der Waals surface area (Å²) in [6, 6.07) is 18.6. The molecule has 0 spiro atoms. The molecule has 0 saturated carbocycles. The Hall–Kier alpha value is -3.34. The second-order valence-electron chi connectivity index (χ2n) is 6.45. The fourth-order valence-corrected chi connectivity index (χ4v) is 2.92. The zero-order valence-electron chi connectivity index (χ0n) is 16.5. The Balaban J connectivity index is 1.62. The van der Waals surface area contributed by atoms with Crippen molar-refractivity contribution in [1.82, 2.24) is 0 Å². The summed E-state index contributed by atoms with van der Waals surface area (Å²) in [5.74, 6) is 1.09. The third-order valence-electron chi connectivity index (χ3n) is 4.27. The topological polar surface area (TPSA) is 44.8 Å². The van der Waals surface area contributed by atoms with Crippen molar-refractivity contribution in [2.75, 3.05) is 6.61 Å². The number of ether oxygens (including phenoxy) is 3. The highest BCUT2D eigenvalue weighted by Crippen LogP contribution is 2.26. The molecule has 0 unspecified atom stereocenters. The lowest BCUT2D eigenvalue weighted by Gasteiger charge is -2.09.